The fraction of sp³-hybridized carbons (Fsp3) is 0.444. The second kappa shape index (κ2) is 4.72. The van der Waals surface area contributed by atoms with Gasteiger partial charge in [0.05, 0.1) is 7.11 Å². The Labute approximate surface area is 67.6 Å². The minimum Gasteiger partial charge on any atom is -0.466 e. The van der Waals surface area contributed by atoms with E-state index >= 15 is 0 Å². The van der Waals surface area contributed by atoms with Crippen LogP contribution in [0.5, 0.6) is 0 Å². The number of ether oxygens (including phenoxy) is 1. The lowest BCUT2D eigenvalue weighted by molar-refractivity contribution is -0.136. The minimum atomic E-state index is -0.259. The van der Waals surface area contributed by atoms with E-state index in [9.17, 15) is 4.79 Å². The van der Waals surface area contributed by atoms with Crippen LogP contribution < -0.4 is 0 Å². The molecule has 0 aliphatic heterocycles. The monoisotopic (exact) mass is 154 g/mol. The smallest absolute Gasteiger partial charge is 0.333 e. The van der Waals surface area contributed by atoms with Crippen molar-refractivity contribution in [3.63, 3.8) is 0 Å². The van der Waals surface area contributed by atoms with Gasteiger partial charge in [0.25, 0.3) is 0 Å². The van der Waals surface area contributed by atoms with Gasteiger partial charge < -0.3 is 4.74 Å². The molecule has 0 spiro atoms. The summed E-state index contributed by atoms with van der Waals surface area (Å²) in [5.74, 6) is -0.259. The molecule has 0 saturated heterocycles. The van der Waals surface area contributed by atoms with Gasteiger partial charge in [-0.05, 0) is 20.3 Å². The predicted molar refractivity (Wildman–Crippen MR) is 45.2 cm³/mol. The fourth-order valence-electron chi connectivity index (χ4n) is 0.759. The third-order valence-corrected chi connectivity index (χ3v) is 1.38. The van der Waals surface area contributed by atoms with Crippen LogP contribution in [0, 0.1) is 0 Å². The van der Waals surface area contributed by atoms with Gasteiger partial charge >= 0.3 is 5.97 Å². The van der Waals surface area contributed by atoms with Gasteiger partial charge in [-0.15, -0.1) is 6.58 Å². The summed E-state index contributed by atoms with van der Waals surface area (Å²) in [6.45, 7) is 7.33. The van der Waals surface area contributed by atoms with Crippen molar-refractivity contribution >= 4 is 5.97 Å². The molecular weight excluding hydrogens is 140 g/mol. The Balaban J connectivity index is 4.48. The first kappa shape index (κ1) is 9.95. The Morgan fingerprint density at radius 1 is 1.55 bits per heavy atom. The van der Waals surface area contributed by atoms with E-state index in [2.05, 4.69) is 11.3 Å². The zero-order chi connectivity index (χ0) is 8.85. The van der Waals surface area contributed by atoms with Gasteiger partial charge in [0.2, 0.25) is 0 Å². The molecule has 0 fully saturated rings. The van der Waals surface area contributed by atoms with E-state index in [0.717, 1.165) is 5.57 Å². The van der Waals surface area contributed by atoms with Gasteiger partial charge in [-0.25, -0.2) is 4.79 Å². The largest absolute Gasteiger partial charge is 0.466 e. The molecule has 0 aromatic heterocycles. The molecule has 0 aliphatic rings. The van der Waals surface area contributed by atoms with E-state index < -0.39 is 0 Å². The van der Waals surface area contributed by atoms with Crippen LogP contribution in [-0.4, -0.2) is 13.1 Å². The molecule has 0 bridgehead atoms. The molecule has 2 heteroatoms. The Morgan fingerprint density at radius 3 is 2.36 bits per heavy atom. The number of allylic oxidation sites excluding steroid dienone is 2. The van der Waals surface area contributed by atoms with Gasteiger partial charge in [0, 0.05) is 5.57 Å². The highest BCUT2D eigenvalue weighted by Crippen LogP contribution is 2.09. The van der Waals surface area contributed by atoms with Crippen LogP contribution in [0.2, 0.25) is 0 Å². The van der Waals surface area contributed by atoms with E-state index in [1.807, 2.05) is 13.8 Å². The average molecular weight is 154 g/mol. The van der Waals surface area contributed by atoms with Crippen LogP contribution in [-0.2, 0) is 9.53 Å². The van der Waals surface area contributed by atoms with Crippen molar-refractivity contribution in [3.8, 4) is 0 Å². The Kier molecular flexibility index (Phi) is 4.27. The Hall–Kier alpha value is -1.05. The average Bonchev–Trinajstić information content (AvgIpc) is 1.98. The summed E-state index contributed by atoms with van der Waals surface area (Å²) in [4.78, 5) is 11.0. The number of hydrogen-bond donors (Lipinski definition) is 0. The number of carbonyl (C=O) groups excluding carboxylic acids is 1. The van der Waals surface area contributed by atoms with E-state index in [1.54, 1.807) is 6.08 Å². The van der Waals surface area contributed by atoms with Gasteiger partial charge in [-0.3, -0.25) is 0 Å². The Bertz CT molecular complexity index is 186. The molecule has 0 N–H and O–H groups in total. The minimum absolute atomic E-state index is 0.259. The second-order valence-corrected chi connectivity index (χ2v) is 2.46. The molecule has 2 nitrogen and oxygen atoms in total. The molecule has 0 heterocycles. The molecule has 0 unspecified atom stereocenters. The lowest BCUT2D eigenvalue weighted by atomic mass is 10.1. The van der Waals surface area contributed by atoms with Crippen molar-refractivity contribution in [2.24, 2.45) is 0 Å². The topological polar surface area (TPSA) is 26.3 Å². The summed E-state index contributed by atoms with van der Waals surface area (Å²) < 4.78 is 4.58. The van der Waals surface area contributed by atoms with Crippen LogP contribution in [0.25, 0.3) is 0 Å². The van der Waals surface area contributed by atoms with Crippen LogP contribution in [0.1, 0.15) is 20.3 Å². The number of carbonyl (C=O) groups is 1. The highest BCUT2D eigenvalue weighted by Gasteiger charge is 2.08. The van der Waals surface area contributed by atoms with E-state index in [0.29, 0.717) is 12.0 Å². The van der Waals surface area contributed by atoms with Gasteiger partial charge in [-0.2, -0.15) is 0 Å². The molecule has 0 rings (SSSR count). The lowest BCUT2D eigenvalue weighted by Crippen LogP contribution is -2.05. The van der Waals surface area contributed by atoms with Crippen LogP contribution >= 0.6 is 0 Å². The fourth-order valence-corrected chi connectivity index (χ4v) is 0.759. The first-order valence-corrected chi connectivity index (χ1v) is 3.49. The maximum absolute atomic E-state index is 11.0. The SMILES string of the molecule is C=CCC(C(=O)OC)=C(C)C. The van der Waals surface area contributed by atoms with Gasteiger partial charge in [-0.1, -0.05) is 11.6 Å². The standard InChI is InChI=1S/C9H14O2/c1-5-6-8(7(2)3)9(10)11-4/h5H,1,6H2,2-4H3. The Morgan fingerprint density at radius 2 is 2.09 bits per heavy atom. The number of rotatable bonds is 3. The van der Waals surface area contributed by atoms with Crippen molar-refractivity contribution in [2.75, 3.05) is 7.11 Å². The molecule has 0 aliphatic carbocycles. The highest BCUT2D eigenvalue weighted by atomic mass is 16.5. The maximum Gasteiger partial charge on any atom is 0.333 e. The van der Waals surface area contributed by atoms with E-state index in [4.69, 9.17) is 0 Å². The number of hydrogen-bond acceptors (Lipinski definition) is 2. The summed E-state index contributed by atoms with van der Waals surface area (Å²) >= 11 is 0. The highest BCUT2D eigenvalue weighted by molar-refractivity contribution is 5.89. The lowest BCUT2D eigenvalue weighted by Gasteiger charge is -2.03. The molecule has 0 amide bonds. The molecule has 62 valence electrons. The maximum atomic E-state index is 11.0. The summed E-state index contributed by atoms with van der Waals surface area (Å²) in [6, 6.07) is 0. The normalized spacial score (nSPS) is 8.64. The number of esters is 1. The summed E-state index contributed by atoms with van der Waals surface area (Å²) in [5, 5.41) is 0. The third-order valence-electron chi connectivity index (χ3n) is 1.38. The quantitative estimate of drug-likeness (QED) is 0.353. The van der Waals surface area contributed by atoms with Crippen molar-refractivity contribution in [1.82, 2.24) is 0 Å². The molecular formula is C9H14O2. The van der Waals surface area contributed by atoms with Gasteiger partial charge in [0.15, 0.2) is 0 Å². The molecule has 0 atom stereocenters. The third kappa shape index (κ3) is 3.03. The first-order chi connectivity index (χ1) is 5.13. The molecule has 0 aromatic rings. The van der Waals surface area contributed by atoms with Gasteiger partial charge in [0.1, 0.15) is 0 Å². The van der Waals surface area contributed by atoms with Crippen molar-refractivity contribution in [3.05, 3.63) is 23.8 Å². The molecule has 0 aromatic carbocycles. The summed E-state index contributed by atoms with van der Waals surface area (Å²) in [5.41, 5.74) is 1.68. The van der Waals surface area contributed by atoms with Crippen molar-refractivity contribution < 1.29 is 9.53 Å². The van der Waals surface area contributed by atoms with Crippen LogP contribution in [0.3, 0.4) is 0 Å². The van der Waals surface area contributed by atoms with E-state index in [1.165, 1.54) is 7.11 Å². The van der Waals surface area contributed by atoms with Crippen molar-refractivity contribution in [1.29, 1.82) is 0 Å². The number of methoxy groups -OCH3 is 1. The zero-order valence-electron chi connectivity index (χ0n) is 7.31. The predicted octanol–water partition coefficient (Wildman–Crippen LogP) is 2.07. The van der Waals surface area contributed by atoms with Crippen LogP contribution in [0.15, 0.2) is 23.8 Å². The first-order valence-electron chi connectivity index (χ1n) is 3.49. The van der Waals surface area contributed by atoms with E-state index in [-0.39, 0.29) is 5.97 Å². The van der Waals surface area contributed by atoms with Crippen LogP contribution in [0.4, 0.5) is 0 Å². The zero-order valence-corrected chi connectivity index (χ0v) is 7.31. The summed E-state index contributed by atoms with van der Waals surface area (Å²) in [6.07, 6.45) is 2.27. The summed E-state index contributed by atoms with van der Waals surface area (Å²) in [7, 11) is 1.38. The molecule has 0 saturated carbocycles. The second-order valence-electron chi connectivity index (χ2n) is 2.46. The molecule has 0 radical (unpaired) electrons. The van der Waals surface area contributed by atoms with Crippen molar-refractivity contribution in [2.45, 2.75) is 20.3 Å². The molecule has 11 heavy (non-hydrogen) atoms.